The molecule has 1 fully saturated rings. The van der Waals surface area contributed by atoms with Crippen LogP contribution >= 0.6 is 0 Å². The van der Waals surface area contributed by atoms with Crippen LogP contribution in [-0.2, 0) is 16.1 Å². The molecule has 2 N–H and O–H groups in total. The first-order valence-electron chi connectivity index (χ1n) is 9.93. The van der Waals surface area contributed by atoms with Gasteiger partial charge in [0.1, 0.15) is 6.61 Å². The molecule has 2 aliphatic carbocycles. The molecule has 0 radical (unpaired) electrons. The summed E-state index contributed by atoms with van der Waals surface area (Å²) in [5.41, 5.74) is 4.63. The predicted octanol–water partition coefficient (Wildman–Crippen LogP) is 4.86. The standard InChI is InChI=1S/C23H27NO3/c1-2-4-16-10-20(16)17-6-3-5-15(9-17)14-27-19-7-8-22-21(12-19)18(13-24-22)11-23(25)26/h3,5-9,13,16,20-21,24H,2,4,10-12,14H2,1H3,(H,25,26). The van der Waals surface area contributed by atoms with E-state index in [2.05, 4.69) is 36.5 Å². The van der Waals surface area contributed by atoms with E-state index < -0.39 is 5.97 Å². The number of allylic oxidation sites excluding steroid dienone is 4. The summed E-state index contributed by atoms with van der Waals surface area (Å²) in [5, 5.41) is 12.3. The number of hydrogen-bond donors (Lipinski definition) is 2. The van der Waals surface area contributed by atoms with E-state index in [0.717, 1.165) is 35.3 Å². The predicted molar refractivity (Wildman–Crippen MR) is 105 cm³/mol. The number of nitrogens with one attached hydrogen (secondary N) is 1. The van der Waals surface area contributed by atoms with E-state index >= 15 is 0 Å². The summed E-state index contributed by atoms with van der Waals surface area (Å²) in [4.78, 5) is 11.0. The van der Waals surface area contributed by atoms with Gasteiger partial charge in [-0.25, -0.2) is 0 Å². The quantitative estimate of drug-likeness (QED) is 0.691. The molecule has 4 nitrogen and oxygen atoms in total. The number of ether oxygens (including phenoxy) is 1. The molecule has 4 rings (SSSR count). The van der Waals surface area contributed by atoms with Crippen molar-refractivity contribution in [2.24, 2.45) is 11.8 Å². The molecule has 3 unspecified atom stereocenters. The fourth-order valence-corrected chi connectivity index (χ4v) is 4.33. The zero-order valence-corrected chi connectivity index (χ0v) is 15.8. The highest BCUT2D eigenvalue weighted by Crippen LogP contribution is 2.50. The van der Waals surface area contributed by atoms with E-state index in [0.29, 0.717) is 6.61 Å². The zero-order valence-electron chi connectivity index (χ0n) is 15.8. The van der Waals surface area contributed by atoms with Crippen LogP contribution in [0, 0.1) is 11.8 Å². The van der Waals surface area contributed by atoms with Crippen LogP contribution in [0.1, 0.15) is 56.1 Å². The van der Waals surface area contributed by atoms with Crippen LogP contribution in [0.5, 0.6) is 0 Å². The number of fused-ring (bicyclic) bond motifs is 1. The molecule has 0 aromatic heterocycles. The third-order valence-corrected chi connectivity index (χ3v) is 5.84. The lowest BCUT2D eigenvalue weighted by molar-refractivity contribution is -0.136. The maximum atomic E-state index is 11.0. The van der Waals surface area contributed by atoms with Crippen LogP contribution < -0.4 is 5.32 Å². The van der Waals surface area contributed by atoms with Crippen molar-refractivity contribution in [3.8, 4) is 0 Å². The third-order valence-electron chi connectivity index (χ3n) is 5.84. The van der Waals surface area contributed by atoms with Crippen LogP contribution in [0.25, 0.3) is 0 Å². The summed E-state index contributed by atoms with van der Waals surface area (Å²) in [5.74, 6) is 1.83. The van der Waals surface area contributed by atoms with Crippen LogP contribution in [0.15, 0.2) is 59.6 Å². The highest BCUT2D eigenvalue weighted by atomic mass is 16.5. The normalized spacial score (nSPS) is 25.7. The lowest BCUT2D eigenvalue weighted by Gasteiger charge is -2.21. The van der Waals surface area contributed by atoms with E-state index in [-0.39, 0.29) is 12.3 Å². The molecule has 0 saturated heterocycles. The minimum atomic E-state index is -0.792. The molecule has 27 heavy (non-hydrogen) atoms. The van der Waals surface area contributed by atoms with Crippen molar-refractivity contribution in [3.05, 3.63) is 70.8 Å². The van der Waals surface area contributed by atoms with Crippen molar-refractivity contribution in [3.63, 3.8) is 0 Å². The highest BCUT2D eigenvalue weighted by Gasteiger charge is 2.37. The molecule has 3 atom stereocenters. The molecule has 1 aromatic carbocycles. The number of carboxylic acids is 1. The number of aliphatic carboxylic acids is 1. The molecule has 4 heteroatoms. The van der Waals surface area contributed by atoms with Gasteiger partial charge in [-0.15, -0.1) is 0 Å². The summed E-state index contributed by atoms with van der Waals surface area (Å²) in [6.07, 6.45) is 10.5. The highest BCUT2D eigenvalue weighted by molar-refractivity contribution is 5.71. The van der Waals surface area contributed by atoms with Crippen LogP contribution in [0.4, 0.5) is 0 Å². The second kappa shape index (κ2) is 7.63. The Morgan fingerprint density at radius 3 is 3.04 bits per heavy atom. The van der Waals surface area contributed by atoms with Gasteiger partial charge in [-0.1, -0.05) is 44.0 Å². The summed E-state index contributed by atoms with van der Waals surface area (Å²) in [7, 11) is 0. The second-order valence-electron chi connectivity index (χ2n) is 7.87. The van der Waals surface area contributed by atoms with Gasteiger partial charge in [0.2, 0.25) is 0 Å². The largest absolute Gasteiger partial charge is 0.493 e. The fourth-order valence-electron chi connectivity index (χ4n) is 4.33. The Labute approximate surface area is 160 Å². The monoisotopic (exact) mass is 365 g/mol. The maximum absolute atomic E-state index is 11.0. The Balaban J connectivity index is 1.35. The Morgan fingerprint density at radius 1 is 1.33 bits per heavy atom. The molecular weight excluding hydrogens is 338 g/mol. The number of carboxylic acid groups (broad SMARTS) is 1. The number of hydrogen-bond acceptors (Lipinski definition) is 3. The van der Waals surface area contributed by atoms with Crippen LogP contribution in [-0.4, -0.2) is 11.1 Å². The van der Waals surface area contributed by atoms with Crippen LogP contribution in [0.3, 0.4) is 0 Å². The van der Waals surface area contributed by atoms with Gasteiger partial charge in [-0.3, -0.25) is 4.79 Å². The molecule has 0 amide bonds. The van der Waals surface area contributed by atoms with Gasteiger partial charge in [0, 0.05) is 24.2 Å². The fraction of sp³-hybridized carbons (Fsp3) is 0.435. The second-order valence-corrected chi connectivity index (χ2v) is 7.87. The summed E-state index contributed by atoms with van der Waals surface area (Å²) in [6, 6.07) is 8.79. The Hall–Kier alpha value is -2.49. The number of benzene rings is 1. The van der Waals surface area contributed by atoms with Crippen molar-refractivity contribution < 1.29 is 14.6 Å². The van der Waals surface area contributed by atoms with Gasteiger partial charge in [0.05, 0.1) is 12.2 Å². The molecule has 1 aromatic rings. The first kappa shape index (κ1) is 17.9. The van der Waals surface area contributed by atoms with E-state index in [4.69, 9.17) is 9.84 Å². The lowest BCUT2D eigenvalue weighted by Crippen LogP contribution is -2.15. The molecule has 3 aliphatic rings. The third kappa shape index (κ3) is 4.10. The van der Waals surface area contributed by atoms with Crippen molar-refractivity contribution in [2.75, 3.05) is 0 Å². The van der Waals surface area contributed by atoms with E-state index in [1.54, 1.807) is 0 Å². The Bertz CT molecular complexity index is 821. The average molecular weight is 365 g/mol. The lowest BCUT2D eigenvalue weighted by atomic mass is 9.89. The van der Waals surface area contributed by atoms with Gasteiger partial charge >= 0.3 is 5.97 Å². The van der Waals surface area contributed by atoms with Gasteiger partial charge in [0.25, 0.3) is 0 Å². The molecule has 0 bridgehead atoms. The number of rotatable bonds is 8. The molecule has 1 saturated carbocycles. The van der Waals surface area contributed by atoms with Gasteiger partial charge in [-0.05, 0) is 47.1 Å². The van der Waals surface area contributed by atoms with E-state index in [9.17, 15) is 4.79 Å². The smallest absolute Gasteiger partial charge is 0.307 e. The summed E-state index contributed by atoms with van der Waals surface area (Å²) in [6.45, 7) is 2.82. The van der Waals surface area contributed by atoms with Crippen molar-refractivity contribution in [2.45, 2.75) is 51.6 Å². The van der Waals surface area contributed by atoms with Crippen molar-refractivity contribution in [1.82, 2.24) is 5.32 Å². The molecule has 1 aliphatic heterocycles. The van der Waals surface area contributed by atoms with Gasteiger partial charge in [0.15, 0.2) is 0 Å². The molecule has 142 valence electrons. The molecule has 0 spiro atoms. The Morgan fingerprint density at radius 2 is 2.22 bits per heavy atom. The topological polar surface area (TPSA) is 58.6 Å². The average Bonchev–Trinajstić information content (AvgIpc) is 3.33. The molecular formula is C23H27NO3. The van der Waals surface area contributed by atoms with Crippen molar-refractivity contribution >= 4 is 5.97 Å². The van der Waals surface area contributed by atoms with Gasteiger partial charge < -0.3 is 15.2 Å². The van der Waals surface area contributed by atoms with Gasteiger partial charge in [-0.2, -0.15) is 0 Å². The van der Waals surface area contributed by atoms with E-state index in [1.807, 2.05) is 18.4 Å². The first-order chi connectivity index (χ1) is 13.1. The number of carbonyl (C=O) groups is 1. The first-order valence-corrected chi connectivity index (χ1v) is 9.93. The minimum Gasteiger partial charge on any atom is -0.493 e. The summed E-state index contributed by atoms with van der Waals surface area (Å²) < 4.78 is 6.07. The molecule has 1 heterocycles. The summed E-state index contributed by atoms with van der Waals surface area (Å²) >= 11 is 0. The Kier molecular flexibility index (Phi) is 5.06. The minimum absolute atomic E-state index is 0.0741. The SMILES string of the molecule is CCCC1CC1c1cccc(COC2=CC=C3NC=C(CC(=O)O)C3C2)c1. The van der Waals surface area contributed by atoms with E-state index in [1.165, 1.54) is 30.4 Å². The van der Waals surface area contributed by atoms with Crippen LogP contribution in [0.2, 0.25) is 0 Å². The maximum Gasteiger partial charge on any atom is 0.307 e. The van der Waals surface area contributed by atoms with Crippen molar-refractivity contribution in [1.29, 1.82) is 0 Å². The zero-order chi connectivity index (χ0) is 18.8.